The normalized spacial score (nSPS) is 23.8. The van der Waals surface area contributed by atoms with Crippen LogP contribution in [0.2, 0.25) is 0 Å². The molecule has 0 bridgehead atoms. The van der Waals surface area contributed by atoms with E-state index in [1.807, 2.05) is 0 Å². The molecule has 32 heteroatoms. The number of nitrogen functional groups attached to an aromatic ring is 2. The Labute approximate surface area is 465 Å². The highest BCUT2D eigenvalue weighted by atomic mass is 31.2. The van der Waals surface area contributed by atoms with E-state index in [2.05, 4.69) is 25.3 Å². The summed E-state index contributed by atoms with van der Waals surface area (Å²) in [5.41, 5.74) is 13.3. The molecule has 11 atom stereocenters. The third kappa shape index (κ3) is 14.9. The van der Waals surface area contributed by atoms with Crippen molar-refractivity contribution in [3.05, 3.63) is 137 Å². The van der Waals surface area contributed by atoms with Gasteiger partial charge in [0.2, 0.25) is 5.91 Å². The molecule has 3 aliphatic rings. The van der Waals surface area contributed by atoms with Gasteiger partial charge in [-0.3, -0.25) is 32.4 Å². The topological polar surface area (TPSA) is 395 Å². The standard InChI is InChI=1S/C50H57FN10O19P2/c1-59(50(66)73-23-30-11-16-32(17-12-30)57-37(62)22-29-9-14-31(51)15-10-29)33(18-13-28-6-3-2-4-7-28)48(64)79-41-34(76-46(40(41)63)61-27-56-39-44(53)54-26-55-45(39)61)25-75-82(70,71)80-42-35(24-74-81(67,68)69)77-47(43(42)78-38-8-5-21-72-38)60-20-19-36(52)58-49(60)65/h2-4,6-7,9-12,14-17,19-20,26-27,33-35,38,40-43,46-47,63H,5,8,13,18,21-25H2,1H3,(H,57,62)(H,70,71)(H2,52,58,65)(H2,53,54,55)(H2,67,68,69)/t33?,34-,35-,38?,40-,41-,42-,43-,46-,47?/m1/s1. The summed E-state index contributed by atoms with van der Waals surface area (Å²) in [4.78, 5) is 102. The molecule has 3 fully saturated rings. The van der Waals surface area contributed by atoms with Crippen LogP contribution in [0.15, 0.2) is 109 Å². The van der Waals surface area contributed by atoms with E-state index >= 15 is 0 Å². The van der Waals surface area contributed by atoms with Crippen molar-refractivity contribution in [2.24, 2.45) is 0 Å². The number of nitrogens with two attached hydrogens (primary N) is 2. The van der Waals surface area contributed by atoms with E-state index in [1.165, 1.54) is 54.5 Å². The Hall–Kier alpha value is -7.15. The summed E-state index contributed by atoms with van der Waals surface area (Å²) in [6.07, 6.45) is -10.8. The number of nitrogens with zero attached hydrogens (tertiary/aromatic N) is 7. The van der Waals surface area contributed by atoms with Crippen LogP contribution >= 0.6 is 15.6 Å². The van der Waals surface area contributed by atoms with Gasteiger partial charge in [0.25, 0.3) is 0 Å². The zero-order valence-electron chi connectivity index (χ0n) is 43.4. The monoisotopic (exact) mass is 1180 g/mol. The van der Waals surface area contributed by atoms with E-state index < -0.39 is 114 Å². The number of benzene rings is 3. The van der Waals surface area contributed by atoms with Crippen LogP contribution < -0.4 is 22.5 Å². The maximum absolute atomic E-state index is 14.6. The zero-order chi connectivity index (χ0) is 58.3. The Kier molecular flexibility index (Phi) is 18.8. The molecule has 0 saturated carbocycles. The van der Waals surface area contributed by atoms with E-state index in [0.717, 1.165) is 21.4 Å². The first-order valence-electron chi connectivity index (χ1n) is 25.4. The lowest BCUT2D eigenvalue weighted by atomic mass is 10.0. The number of aryl methyl sites for hydroxylation is 1. The molecule has 3 aromatic carbocycles. The molecule has 2 amide bonds. The van der Waals surface area contributed by atoms with Crippen LogP contribution in [0.25, 0.3) is 11.2 Å². The van der Waals surface area contributed by atoms with Gasteiger partial charge in [0.15, 0.2) is 36.3 Å². The summed E-state index contributed by atoms with van der Waals surface area (Å²) in [5.74, 6) is -2.05. The number of likely N-dealkylation sites (N-methyl/N-ethyl adjacent to an activating group) is 1. The second-order valence-electron chi connectivity index (χ2n) is 19.1. The quantitative estimate of drug-likeness (QED) is 0.0358. The number of aliphatic hydroxyl groups is 1. The summed E-state index contributed by atoms with van der Waals surface area (Å²) in [6.45, 7) is -1.99. The molecule has 4 unspecified atom stereocenters. The molecule has 29 nitrogen and oxygen atoms in total. The zero-order valence-corrected chi connectivity index (χ0v) is 45.2. The Morgan fingerprint density at radius 2 is 1.57 bits per heavy atom. The average Bonchev–Trinajstić information content (AvgIpc) is 4.31. The highest BCUT2D eigenvalue weighted by molar-refractivity contribution is 7.47. The number of ether oxygens (including phenoxy) is 6. The molecule has 0 spiro atoms. The van der Waals surface area contributed by atoms with Gasteiger partial charge in [-0.05, 0) is 66.3 Å². The molecular formula is C50H57FN10O19P2. The smallest absolute Gasteiger partial charge is 0.455 e. The number of phosphoric acid groups is 2. The Balaban J connectivity index is 0.939. The fourth-order valence-corrected chi connectivity index (χ4v) is 10.6. The Bertz CT molecular complexity index is 3360. The number of amides is 2. The van der Waals surface area contributed by atoms with E-state index in [1.54, 1.807) is 54.6 Å². The van der Waals surface area contributed by atoms with Crippen molar-refractivity contribution in [3.63, 3.8) is 0 Å². The number of hydrogen-bond acceptors (Lipinski definition) is 22. The minimum Gasteiger partial charge on any atom is -0.455 e. The van der Waals surface area contributed by atoms with Crippen LogP contribution in [0, 0.1) is 5.82 Å². The summed E-state index contributed by atoms with van der Waals surface area (Å²) in [7, 11) is -9.43. The van der Waals surface area contributed by atoms with Crippen molar-refractivity contribution in [3.8, 4) is 0 Å². The fourth-order valence-electron chi connectivity index (χ4n) is 9.28. The van der Waals surface area contributed by atoms with E-state index in [-0.39, 0.29) is 61.2 Å². The Morgan fingerprint density at radius 3 is 2.28 bits per heavy atom. The second-order valence-corrected chi connectivity index (χ2v) is 21.7. The maximum atomic E-state index is 14.6. The number of fused-ring (bicyclic) bond motifs is 1. The van der Waals surface area contributed by atoms with Crippen molar-refractivity contribution in [1.82, 2.24) is 34.0 Å². The van der Waals surface area contributed by atoms with Crippen LogP contribution in [0.1, 0.15) is 48.4 Å². The molecule has 438 valence electrons. The third-order valence-corrected chi connectivity index (χ3v) is 14.8. The highest BCUT2D eigenvalue weighted by Crippen LogP contribution is 2.51. The van der Waals surface area contributed by atoms with Crippen LogP contribution in [0.5, 0.6) is 0 Å². The van der Waals surface area contributed by atoms with Crippen molar-refractivity contribution in [2.75, 3.05) is 43.7 Å². The van der Waals surface area contributed by atoms with Crippen molar-refractivity contribution < 1.29 is 89.7 Å². The number of phosphoric ester groups is 2. The Morgan fingerprint density at radius 1 is 0.866 bits per heavy atom. The summed E-state index contributed by atoms with van der Waals surface area (Å²) in [5, 5.41) is 14.8. The molecule has 6 aromatic rings. The van der Waals surface area contributed by atoms with Gasteiger partial charge >= 0.3 is 33.4 Å². The number of aromatic nitrogens is 6. The molecule has 3 saturated heterocycles. The lowest BCUT2D eigenvalue weighted by Crippen LogP contribution is -2.47. The molecule has 0 aliphatic carbocycles. The van der Waals surface area contributed by atoms with E-state index in [4.69, 9.17) is 53.5 Å². The predicted octanol–water partition coefficient (Wildman–Crippen LogP) is 3.04. The predicted molar refractivity (Wildman–Crippen MR) is 281 cm³/mol. The molecule has 3 aliphatic heterocycles. The maximum Gasteiger partial charge on any atom is 0.472 e. The van der Waals surface area contributed by atoms with Gasteiger partial charge in [-0.25, -0.2) is 42.9 Å². The molecule has 3 aromatic heterocycles. The number of halogens is 1. The van der Waals surface area contributed by atoms with Crippen molar-refractivity contribution in [1.29, 1.82) is 0 Å². The first-order chi connectivity index (χ1) is 39.2. The van der Waals surface area contributed by atoms with Gasteiger partial charge in [-0.1, -0.05) is 54.6 Å². The first kappa shape index (κ1) is 59.5. The molecule has 0 radical (unpaired) electrons. The van der Waals surface area contributed by atoms with E-state index in [0.29, 0.717) is 29.7 Å². The second kappa shape index (κ2) is 26.0. The largest absolute Gasteiger partial charge is 0.472 e. The number of rotatable bonds is 23. The fraction of sp³-hybridized carbons (Fsp3) is 0.400. The van der Waals surface area contributed by atoms with Crippen LogP contribution in [0.4, 0.5) is 26.5 Å². The summed E-state index contributed by atoms with van der Waals surface area (Å²) < 4.78 is 93.3. The number of carbonyl (C=O) groups excluding carboxylic acids is 3. The lowest BCUT2D eigenvalue weighted by molar-refractivity contribution is -0.181. The number of esters is 1. The van der Waals surface area contributed by atoms with Crippen LogP contribution in [-0.4, -0.2) is 148 Å². The highest BCUT2D eigenvalue weighted by Gasteiger charge is 2.54. The third-order valence-electron chi connectivity index (χ3n) is 13.3. The number of aliphatic hydroxyl groups excluding tert-OH is 1. The van der Waals surface area contributed by atoms with Crippen molar-refractivity contribution in [2.45, 2.75) is 100 Å². The number of hydrogen-bond donors (Lipinski definition) is 7. The number of nitrogens with one attached hydrogen (secondary N) is 1. The lowest BCUT2D eigenvalue weighted by Gasteiger charge is -2.30. The van der Waals surface area contributed by atoms with E-state index in [9.17, 15) is 52.5 Å². The molecule has 6 heterocycles. The molecule has 9 N–H and O–H groups in total. The summed E-state index contributed by atoms with van der Waals surface area (Å²) >= 11 is 0. The minimum atomic E-state index is -5.50. The van der Waals surface area contributed by atoms with Crippen molar-refractivity contribution >= 4 is 62.1 Å². The van der Waals surface area contributed by atoms with Gasteiger partial charge in [0.05, 0.1) is 26.0 Å². The number of anilines is 3. The number of carbonyl (C=O) groups is 3. The number of imidazole rings is 1. The van der Waals surface area contributed by atoms with Gasteiger partial charge in [-0.2, -0.15) is 4.98 Å². The summed E-state index contributed by atoms with van der Waals surface area (Å²) in [6, 6.07) is 20.7. The van der Waals surface area contributed by atoms with Gasteiger partial charge in [-0.15, -0.1) is 0 Å². The first-order valence-corrected chi connectivity index (χ1v) is 28.4. The minimum absolute atomic E-state index is 0.000302. The van der Waals surface area contributed by atoms with Gasteiger partial charge in [0, 0.05) is 32.0 Å². The van der Waals surface area contributed by atoms with Crippen LogP contribution in [-0.2, 0) is 80.2 Å². The van der Waals surface area contributed by atoms with Gasteiger partial charge < -0.3 is 65.0 Å². The SMILES string of the molecule is CN(C(=O)OCc1ccc(NC(=O)Cc2ccc(F)cc2)cc1)C(CCc1ccccc1)C(=O)O[C@H]1[C@@H](O)[C@H](n2cnc3c(N)ncnc32)O[C@@H]1COP(=O)(O)O[C@@H]1[C@@H](COP(=O)(O)O)OC(n2ccc(N)nc2=O)[C@@H]1OC1CCCO1. The average molecular weight is 1180 g/mol. The molecule has 82 heavy (non-hydrogen) atoms. The molecule has 9 rings (SSSR count). The van der Waals surface area contributed by atoms with Gasteiger partial charge in [0.1, 0.15) is 66.6 Å². The van der Waals surface area contributed by atoms with Crippen LogP contribution in [0.3, 0.4) is 0 Å². The molecular weight excluding hydrogens is 1130 g/mol.